The van der Waals surface area contributed by atoms with Gasteiger partial charge in [-0.3, -0.25) is 4.39 Å². The molecular weight excluding hydrogens is 214 g/mol. The van der Waals surface area contributed by atoms with Gasteiger partial charge in [0.1, 0.15) is 12.4 Å². The molecule has 1 aromatic rings. The monoisotopic (exact) mass is 230 g/mol. The maximum absolute atomic E-state index is 9.50. The van der Waals surface area contributed by atoms with Crippen LogP contribution in [0.5, 0.6) is 5.75 Å². The van der Waals surface area contributed by atoms with Crippen molar-refractivity contribution in [3.8, 4) is 5.75 Å². The zero-order valence-corrected chi connectivity index (χ0v) is 9.39. The number of halogens is 1. The van der Waals surface area contributed by atoms with Crippen molar-refractivity contribution in [3.05, 3.63) is 24.3 Å². The summed E-state index contributed by atoms with van der Waals surface area (Å²) in [6.07, 6.45) is 0. The Bertz CT molecular complexity index is 283. The van der Waals surface area contributed by atoms with Crippen LogP contribution >= 0.6 is 0 Å². The molecule has 0 aromatic heterocycles. The van der Waals surface area contributed by atoms with E-state index in [2.05, 4.69) is 0 Å². The van der Waals surface area contributed by atoms with Crippen LogP contribution in [0.3, 0.4) is 0 Å². The van der Waals surface area contributed by atoms with E-state index in [4.69, 9.17) is 19.5 Å². The highest BCUT2D eigenvalue weighted by atomic mass is 19.1. The van der Waals surface area contributed by atoms with E-state index in [-0.39, 0.29) is 0 Å². The van der Waals surface area contributed by atoms with Crippen LogP contribution in [0.1, 0.15) is 0 Å². The summed E-state index contributed by atoms with van der Waals surface area (Å²) in [5, 5.41) is 18.0. The first-order valence-electron chi connectivity index (χ1n) is 4.70. The van der Waals surface area contributed by atoms with Gasteiger partial charge in [0.05, 0.1) is 13.8 Å². The van der Waals surface area contributed by atoms with Crippen molar-refractivity contribution in [1.82, 2.24) is 0 Å². The summed E-state index contributed by atoms with van der Waals surface area (Å²) in [5.74, 6) is 0.472. The van der Waals surface area contributed by atoms with E-state index in [1.807, 2.05) is 0 Å². The summed E-state index contributed by atoms with van der Waals surface area (Å²) in [4.78, 5) is 0. The van der Waals surface area contributed by atoms with Crippen molar-refractivity contribution in [2.45, 2.75) is 0 Å². The number of benzene rings is 1. The average Bonchev–Trinajstić information content (AvgIpc) is 2.32. The molecule has 0 saturated heterocycles. The molecule has 0 amide bonds. The molecule has 4 nitrogen and oxygen atoms in total. The number of hydrogen-bond acceptors (Lipinski definition) is 4. The van der Waals surface area contributed by atoms with E-state index in [9.17, 15) is 4.39 Å². The van der Waals surface area contributed by atoms with Gasteiger partial charge in [0.25, 0.3) is 0 Å². The van der Waals surface area contributed by atoms with Crippen LogP contribution in [0.2, 0.25) is 0 Å². The molecule has 90 valence electrons. The van der Waals surface area contributed by atoms with E-state index in [0.717, 1.165) is 0 Å². The van der Waals surface area contributed by atoms with Crippen LogP contribution in [0.4, 0.5) is 4.39 Å². The third-order valence-corrected chi connectivity index (χ3v) is 1.74. The zero-order chi connectivity index (χ0) is 12.4. The van der Waals surface area contributed by atoms with Crippen LogP contribution in [0, 0.1) is 0 Å². The third-order valence-electron chi connectivity index (χ3n) is 1.74. The Hall–Kier alpha value is -1.11. The van der Waals surface area contributed by atoms with Crippen molar-refractivity contribution in [2.75, 3.05) is 27.5 Å². The number of para-hydroxylation sites is 1. The molecule has 0 aliphatic carbocycles. The lowest BCUT2D eigenvalue weighted by molar-refractivity contribution is 0.146. The van der Waals surface area contributed by atoms with Gasteiger partial charge in [-0.1, -0.05) is 18.2 Å². The molecule has 0 spiro atoms. The maximum Gasteiger partial charge on any atom is 0.492 e. The van der Waals surface area contributed by atoms with Gasteiger partial charge in [0.2, 0.25) is 0 Å². The Balaban J connectivity index is 0.00000106. The van der Waals surface area contributed by atoms with Gasteiger partial charge < -0.3 is 19.5 Å². The minimum Gasteiger partial charge on any atom is -0.492 e. The Morgan fingerprint density at radius 3 is 2.38 bits per heavy atom. The van der Waals surface area contributed by atoms with E-state index in [0.29, 0.717) is 31.6 Å². The second kappa shape index (κ2) is 9.14. The van der Waals surface area contributed by atoms with E-state index < -0.39 is 7.12 Å². The molecule has 1 rings (SSSR count). The summed E-state index contributed by atoms with van der Waals surface area (Å²) in [6, 6.07) is 6.78. The van der Waals surface area contributed by atoms with Gasteiger partial charge in [-0.05, 0) is 6.07 Å². The Kier molecular flexibility index (Phi) is 8.51. The minimum absolute atomic E-state index is 0.364. The van der Waals surface area contributed by atoms with Crippen LogP contribution < -0.4 is 10.2 Å². The van der Waals surface area contributed by atoms with Crippen LogP contribution in [0.25, 0.3) is 0 Å². The average molecular weight is 230 g/mol. The van der Waals surface area contributed by atoms with Crippen LogP contribution in [-0.2, 0) is 4.74 Å². The van der Waals surface area contributed by atoms with E-state index in [1.165, 1.54) is 0 Å². The second-order valence-corrected chi connectivity index (χ2v) is 2.75. The van der Waals surface area contributed by atoms with Gasteiger partial charge >= 0.3 is 7.12 Å². The molecular formula is C10H16BFO4. The van der Waals surface area contributed by atoms with Crippen molar-refractivity contribution in [2.24, 2.45) is 0 Å². The first-order chi connectivity index (χ1) is 7.75. The molecule has 0 atom stereocenters. The molecule has 0 unspecified atom stereocenters. The topological polar surface area (TPSA) is 58.9 Å². The highest BCUT2D eigenvalue weighted by Gasteiger charge is 2.15. The molecule has 0 fully saturated rings. The molecule has 0 aliphatic rings. The predicted octanol–water partition coefficient (Wildman–Crippen LogP) is -0.0227. The molecule has 16 heavy (non-hydrogen) atoms. The highest BCUT2D eigenvalue weighted by molar-refractivity contribution is 6.59. The number of alkyl halides is 1. The summed E-state index contributed by atoms with van der Waals surface area (Å²) in [5.41, 5.74) is 0.364. The van der Waals surface area contributed by atoms with Crippen molar-refractivity contribution < 1.29 is 23.9 Å². The lowest BCUT2D eigenvalue weighted by atomic mass is 9.79. The van der Waals surface area contributed by atoms with Gasteiger partial charge in [0, 0.05) is 12.6 Å². The molecule has 0 bridgehead atoms. The summed E-state index contributed by atoms with van der Waals surface area (Å²) in [6.45, 7) is 0.857. The van der Waals surface area contributed by atoms with Crippen molar-refractivity contribution >= 4 is 12.6 Å². The Morgan fingerprint density at radius 1 is 1.19 bits per heavy atom. The summed E-state index contributed by atoms with van der Waals surface area (Å²) in [7, 11) is 0.574. The molecule has 0 saturated carbocycles. The first-order valence-corrected chi connectivity index (χ1v) is 4.70. The molecule has 0 radical (unpaired) electrons. The van der Waals surface area contributed by atoms with Crippen LogP contribution in [0.15, 0.2) is 24.3 Å². The Morgan fingerprint density at radius 2 is 1.81 bits per heavy atom. The highest BCUT2D eigenvalue weighted by Crippen LogP contribution is 2.06. The maximum atomic E-state index is 9.50. The lowest BCUT2D eigenvalue weighted by Gasteiger charge is -2.09. The standard InChI is InChI=1S/C9H13BO4.CH3F/c1-13-6-7-14-9-5-3-2-4-8(9)10(11)12;1-2/h2-5,11-12H,6-7H2,1H3;1H3. The fraction of sp³-hybridized carbons (Fsp3) is 0.400. The van der Waals surface area contributed by atoms with E-state index in [1.54, 1.807) is 31.4 Å². The molecule has 1 aromatic carbocycles. The lowest BCUT2D eigenvalue weighted by Crippen LogP contribution is -2.31. The molecule has 0 aliphatic heterocycles. The Labute approximate surface area is 94.8 Å². The molecule has 6 heteroatoms. The smallest absolute Gasteiger partial charge is 0.492 e. The molecule has 2 N–H and O–H groups in total. The van der Waals surface area contributed by atoms with Crippen molar-refractivity contribution in [3.63, 3.8) is 0 Å². The quantitative estimate of drug-likeness (QED) is 0.551. The fourth-order valence-corrected chi connectivity index (χ4v) is 1.06. The van der Waals surface area contributed by atoms with Crippen LogP contribution in [-0.4, -0.2) is 44.7 Å². The number of ether oxygens (including phenoxy) is 2. The number of rotatable bonds is 5. The van der Waals surface area contributed by atoms with Crippen molar-refractivity contribution in [1.29, 1.82) is 0 Å². The fourth-order valence-electron chi connectivity index (χ4n) is 1.06. The largest absolute Gasteiger partial charge is 0.492 e. The predicted molar refractivity (Wildman–Crippen MR) is 60.7 cm³/mol. The zero-order valence-electron chi connectivity index (χ0n) is 9.39. The van der Waals surface area contributed by atoms with Gasteiger partial charge in [-0.15, -0.1) is 0 Å². The van der Waals surface area contributed by atoms with E-state index >= 15 is 0 Å². The van der Waals surface area contributed by atoms with Gasteiger partial charge in [-0.25, -0.2) is 0 Å². The SMILES string of the molecule is CF.COCCOc1ccccc1B(O)O. The first kappa shape index (κ1) is 14.9. The van der Waals surface area contributed by atoms with Gasteiger partial charge in [-0.2, -0.15) is 0 Å². The second-order valence-electron chi connectivity index (χ2n) is 2.75. The minimum atomic E-state index is -1.51. The summed E-state index contributed by atoms with van der Waals surface area (Å²) >= 11 is 0. The number of methoxy groups -OCH3 is 1. The number of hydrogen-bond donors (Lipinski definition) is 2. The molecule has 0 heterocycles. The summed E-state index contributed by atoms with van der Waals surface area (Å²) < 4.78 is 19.6. The normalized spacial score (nSPS) is 9.06. The third kappa shape index (κ3) is 5.11. The van der Waals surface area contributed by atoms with Gasteiger partial charge in [0.15, 0.2) is 0 Å².